The molecule has 1 heterocycles. The smallest absolute Gasteiger partial charge is 0.311 e. The number of benzene rings is 2. The molecule has 0 spiro atoms. The van der Waals surface area contributed by atoms with Gasteiger partial charge in [-0.05, 0) is 55.2 Å². The van der Waals surface area contributed by atoms with Crippen molar-refractivity contribution in [1.29, 1.82) is 0 Å². The van der Waals surface area contributed by atoms with E-state index in [-0.39, 0.29) is 40.1 Å². The number of phenols is 1. The van der Waals surface area contributed by atoms with Crippen LogP contribution in [0.4, 0.5) is 8.78 Å². The number of carboxylic acids is 1. The van der Waals surface area contributed by atoms with Gasteiger partial charge in [0.1, 0.15) is 5.82 Å². The molecule has 0 saturated carbocycles. The summed E-state index contributed by atoms with van der Waals surface area (Å²) in [5, 5.41) is 19.7. The number of hydrogen-bond acceptors (Lipinski definition) is 3. The van der Waals surface area contributed by atoms with Crippen molar-refractivity contribution in [3.05, 3.63) is 64.9 Å². The number of nitrogens with zero attached hydrogens (tertiary/aromatic N) is 1. The minimum atomic E-state index is -1.14. The van der Waals surface area contributed by atoms with Crippen LogP contribution in [0.1, 0.15) is 54.2 Å². The monoisotopic (exact) mass is 415 g/mol. The molecular formula is C23H23F2NO4. The number of carbonyl (C=O) groups excluding carboxylic acids is 1. The van der Waals surface area contributed by atoms with Gasteiger partial charge < -0.3 is 10.2 Å². The second kappa shape index (κ2) is 8.26. The van der Waals surface area contributed by atoms with E-state index in [2.05, 4.69) is 0 Å². The lowest BCUT2D eigenvalue weighted by Gasteiger charge is -2.18. The third kappa shape index (κ3) is 3.67. The molecule has 1 aromatic heterocycles. The Kier molecular flexibility index (Phi) is 5.92. The molecule has 2 atom stereocenters. The van der Waals surface area contributed by atoms with Crippen molar-refractivity contribution in [2.24, 2.45) is 5.92 Å². The molecule has 0 aliphatic carbocycles. The summed E-state index contributed by atoms with van der Waals surface area (Å²) >= 11 is 0. The molecule has 5 nitrogen and oxygen atoms in total. The van der Waals surface area contributed by atoms with Gasteiger partial charge >= 0.3 is 5.97 Å². The summed E-state index contributed by atoms with van der Waals surface area (Å²) in [6.45, 7) is 5.37. The van der Waals surface area contributed by atoms with Crippen LogP contribution in [-0.4, -0.2) is 26.7 Å². The summed E-state index contributed by atoms with van der Waals surface area (Å²) in [5.41, 5.74) is 0.571. The zero-order valence-corrected chi connectivity index (χ0v) is 16.9. The van der Waals surface area contributed by atoms with E-state index in [9.17, 15) is 28.6 Å². The Morgan fingerprint density at radius 2 is 1.87 bits per heavy atom. The molecular weight excluding hydrogens is 392 g/mol. The number of carbonyl (C=O) groups is 2. The Labute approximate surface area is 172 Å². The largest absolute Gasteiger partial charge is 0.505 e. The van der Waals surface area contributed by atoms with Crippen LogP contribution in [0.15, 0.2) is 36.4 Å². The summed E-state index contributed by atoms with van der Waals surface area (Å²) in [7, 11) is 0. The molecule has 0 aliphatic heterocycles. The first-order chi connectivity index (χ1) is 14.2. The lowest BCUT2D eigenvalue weighted by Crippen LogP contribution is -2.18. The fourth-order valence-corrected chi connectivity index (χ4v) is 3.83. The quantitative estimate of drug-likeness (QED) is 0.578. The minimum Gasteiger partial charge on any atom is -0.505 e. The van der Waals surface area contributed by atoms with Gasteiger partial charge in [-0.15, -0.1) is 0 Å². The standard InChI is InChI=1S/C23H23F2NO4/c1-4-12(2)10-16(23(29)30)19-13(3)26(17-8-9-18(27)21(25)20(17)19)22(28)14-6-5-7-15(24)11-14/h5-9,11-12,16,27H,4,10H2,1-3H3,(H,29,30). The van der Waals surface area contributed by atoms with Gasteiger partial charge in [0, 0.05) is 16.6 Å². The maximum absolute atomic E-state index is 15.0. The van der Waals surface area contributed by atoms with Crippen LogP contribution >= 0.6 is 0 Å². The van der Waals surface area contributed by atoms with E-state index in [0.717, 1.165) is 18.6 Å². The van der Waals surface area contributed by atoms with Crippen molar-refractivity contribution in [1.82, 2.24) is 4.57 Å². The molecule has 0 saturated heterocycles. The third-order valence-electron chi connectivity index (χ3n) is 5.59. The zero-order chi connectivity index (χ0) is 22.2. The van der Waals surface area contributed by atoms with Gasteiger partial charge in [-0.3, -0.25) is 14.2 Å². The molecule has 2 unspecified atom stereocenters. The van der Waals surface area contributed by atoms with Crippen LogP contribution in [0, 0.1) is 24.5 Å². The van der Waals surface area contributed by atoms with Crippen molar-refractivity contribution in [3.8, 4) is 5.75 Å². The van der Waals surface area contributed by atoms with Crippen LogP contribution in [0.25, 0.3) is 10.9 Å². The predicted octanol–water partition coefficient (Wildman–Crippen LogP) is 5.23. The van der Waals surface area contributed by atoms with Gasteiger partial charge in [-0.1, -0.05) is 26.3 Å². The fraction of sp³-hybridized carbons (Fsp3) is 0.304. The van der Waals surface area contributed by atoms with Gasteiger partial charge in [0.05, 0.1) is 11.4 Å². The lowest BCUT2D eigenvalue weighted by molar-refractivity contribution is -0.139. The molecule has 7 heteroatoms. The van der Waals surface area contributed by atoms with E-state index < -0.39 is 35.2 Å². The summed E-state index contributed by atoms with van der Waals surface area (Å²) in [4.78, 5) is 25.3. The predicted molar refractivity (Wildman–Crippen MR) is 109 cm³/mol. The number of carboxylic acid groups (broad SMARTS) is 1. The molecule has 158 valence electrons. The van der Waals surface area contributed by atoms with Crippen molar-refractivity contribution < 1.29 is 28.6 Å². The van der Waals surface area contributed by atoms with E-state index >= 15 is 0 Å². The van der Waals surface area contributed by atoms with Crippen LogP contribution in [-0.2, 0) is 4.79 Å². The van der Waals surface area contributed by atoms with E-state index in [1.807, 2.05) is 13.8 Å². The van der Waals surface area contributed by atoms with Crippen LogP contribution in [0.3, 0.4) is 0 Å². The van der Waals surface area contributed by atoms with E-state index in [1.54, 1.807) is 0 Å². The number of rotatable bonds is 6. The lowest BCUT2D eigenvalue weighted by atomic mass is 9.87. The normalized spacial score (nSPS) is 13.4. The maximum Gasteiger partial charge on any atom is 0.311 e. The maximum atomic E-state index is 15.0. The molecule has 0 aliphatic rings. The van der Waals surface area contributed by atoms with Gasteiger partial charge in [0.15, 0.2) is 11.6 Å². The number of aromatic hydroxyl groups is 1. The Bertz CT molecular complexity index is 1140. The first kappa shape index (κ1) is 21.5. The van der Waals surface area contributed by atoms with Crippen LogP contribution in [0.2, 0.25) is 0 Å². The number of aliphatic carboxylic acids is 1. The Balaban J connectivity index is 2.33. The number of halogens is 2. The summed E-state index contributed by atoms with van der Waals surface area (Å²) in [6.07, 6.45) is 0.979. The number of aromatic nitrogens is 1. The summed E-state index contributed by atoms with van der Waals surface area (Å²) < 4.78 is 29.9. The van der Waals surface area contributed by atoms with Gasteiger partial charge in [0.25, 0.3) is 5.91 Å². The molecule has 0 radical (unpaired) electrons. The summed E-state index contributed by atoms with van der Waals surface area (Å²) in [5.74, 6) is -4.99. The van der Waals surface area contributed by atoms with Crippen molar-refractivity contribution in [2.75, 3.05) is 0 Å². The second-order valence-electron chi connectivity index (χ2n) is 7.58. The van der Waals surface area contributed by atoms with Gasteiger partial charge in [-0.25, -0.2) is 8.78 Å². The average Bonchev–Trinajstić information content (AvgIpc) is 3.00. The molecule has 0 fully saturated rings. The Hall–Kier alpha value is -3.22. The van der Waals surface area contributed by atoms with Gasteiger partial charge in [0.2, 0.25) is 0 Å². The number of phenolic OH excluding ortho intramolecular Hbond substituents is 1. The highest BCUT2D eigenvalue weighted by Crippen LogP contribution is 2.39. The highest BCUT2D eigenvalue weighted by molar-refractivity contribution is 6.05. The number of hydrogen-bond donors (Lipinski definition) is 2. The first-order valence-electron chi connectivity index (χ1n) is 9.72. The molecule has 30 heavy (non-hydrogen) atoms. The highest BCUT2D eigenvalue weighted by atomic mass is 19.1. The van der Waals surface area contributed by atoms with Crippen molar-refractivity contribution >= 4 is 22.8 Å². The highest BCUT2D eigenvalue weighted by Gasteiger charge is 2.32. The molecule has 3 aromatic rings. The van der Waals surface area contributed by atoms with Crippen LogP contribution in [0.5, 0.6) is 5.75 Å². The minimum absolute atomic E-state index is 0.0446. The van der Waals surface area contributed by atoms with E-state index in [4.69, 9.17) is 0 Å². The SMILES string of the molecule is CCC(C)CC(C(=O)O)c1c(C)n(C(=O)c2cccc(F)c2)c2ccc(O)c(F)c12. The topological polar surface area (TPSA) is 79.5 Å². The average molecular weight is 415 g/mol. The van der Waals surface area contributed by atoms with Crippen LogP contribution < -0.4 is 0 Å². The molecule has 2 aromatic carbocycles. The molecule has 3 rings (SSSR count). The van der Waals surface area contributed by atoms with E-state index in [0.29, 0.717) is 0 Å². The van der Waals surface area contributed by atoms with Crippen molar-refractivity contribution in [2.45, 2.75) is 39.5 Å². The molecule has 0 amide bonds. The van der Waals surface area contributed by atoms with Gasteiger partial charge in [-0.2, -0.15) is 0 Å². The van der Waals surface area contributed by atoms with Crippen molar-refractivity contribution in [3.63, 3.8) is 0 Å². The Morgan fingerprint density at radius 1 is 1.17 bits per heavy atom. The second-order valence-corrected chi connectivity index (χ2v) is 7.58. The third-order valence-corrected chi connectivity index (χ3v) is 5.59. The molecule has 0 bridgehead atoms. The fourth-order valence-electron chi connectivity index (χ4n) is 3.83. The Morgan fingerprint density at radius 3 is 2.47 bits per heavy atom. The first-order valence-corrected chi connectivity index (χ1v) is 9.72. The number of fused-ring (bicyclic) bond motifs is 1. The van der Waals surface area contributed by atoms with E-state index in [1.165, 1.54) is 35.8 Å². The molecule has 2 N–H and O–H groups in total. The zero-order valence-electron chi connectivity index (χ0n) is 16.9. The summed E-state index contributed by atoms with van der Waals surface area (Å²) in [6, 6.07) is 7.57.